The van der Waals surface area contributed by atoms with Gasteiger partial charge >= 0.3 is 0 Å². The summed E-state index contributed by atoms with van der Waals surface area (Å²) in [4.78, 5) is 2.65. The van der Waals surface area contributed by atoms with E-state index in [1.807, 2.05) is 0 Å². The van der Waals surface area contributed by atoms with Gasteiger partial charge in [-0.25, -0.2) is 0 Å². The molecule has 0 unspecified atom stereocenters. The summed E-state index contributed by atoms with van der Waals surface area (Å²) in [6.45, 7) is 19.6. The monoisotopic (exact) mass is 255 g/mol. The summed E-state index contributed by atoms with van der Waals surface area (Å²) < 4.78 is 0. The number of hydrogen-bond donors (Lipinski definition) is 0. The normalized spacial score (nSPS) is 13.7. The van der Waals surface area contributed by atoms with Crippen molar-refractivity contribution >= 4 is 9.52 Å². The lowest BCUT2D eigenvalue weighted by Gasteiger charge is -2.45. The van der Waals surface area contributed by atoms with Crippen molar-refractivity contribution in [1.29, 1.82) is 0 Å². The van der Waals surface area contributed by atoms with Gasteiger partial charge in [-0.15, -0.1) is 0 Å². The van der Waals surface area contributed by atoms with Crippen molar-refractivity contribution in [3.63, 3.8) is 0 Å². The van der Waals surface area contributed by atoms with Gasteiger partial charge < -0.3 is 0 Å². The maximum atomic E-state index is 2.65. The van der Waals surface area contributed by atoms with E-state index in [0.29, 0.717) is 0 Å². The minimum atomic E-state index is 0.0917. The van der Waals surface area contributed by atoms with Gasteiger partial charge in [-0.1, -0.05) is 11.6 Å². The zero-order valence-corrected chi connectivity index (χ0v) is 14.8. The Morgan fingerprint density at radius 2 is 1.47 bits per heavy atom. The largest absolute Gasteiger partial charge is 0.294 e. The van der Waals surface area contributed by atoms with E-state index < -0.39 is 0 Å². The molecule has 0 aromatic rings. The molecule has 1 nitrogen and oxygen atoms in total. The molecule has 17 heavy (non-hydrogen) atoms. The molecule has 0 aliphatic carbocycles. The van der Waals surface area contributed by atoms with Crippen LogP contribution >= 0.6 is 0 Å². The molecule has 0 spiro atoms. The van der Waals surface area contributed by atoms with E-state index in [9.17, 15) is 0 Å². The molecule has 0 atom stereocenters. The Balaban J connectivity index is 4.17. The SMILES string of the molecule is CC(C)=CC[SiH2]CCN(C(C)(C)C)C(C)(C)C. The fraction of sp³-hybridized carbons (Fsp3) is 0.867. The fourth-order valence-corrected chi connectivity index (χ4v) is 4.09. The average molecular weight is 256 g/mol. The number of hydrogen-bond acceptors (Lipinski definition) is 1. The zero-order valence-electron chi connectivity index (χ0n) is 13.4. The molecule has 0 radical (unpaired) electrons. The minimum absolute atomic E-state index is 0.0917. The summed E-state index contributed by atoms with van der Waals surface area (Å²) in [6, 6.07) is 2.79. The van der Waals surface area contributed by atoms with E-state index >= 15 is 0 Å². The quantitative estimate of drug-likeness (QED) is 0.410. The van der Waals surface area contributed by atoms with Gasteiger partial charge in [-0.2, -0.15) is 0 Å². The number of nitrogens with zero attached hydrogens (tertiary/aromatic N) is 1. The molecule has 0 aliphatic heterocycles. The van der Waals surface area contributed by atoms with Crippen molar-refractivity contribution in [3.8, 4) is 0 Å². The van der Waals surface area contributed by atoms with E-state index in [1.165, 1.54) is 24.2 Å². The number of rotatable bonds is 5. The first-order chi connectivity index (χ1) is 7.55. The Hall–Kier alpha value is -0.0831. The lowest BCUT2D eigenvalue weighted by atomic mass is 9.96. The van der Waals surface area contributed by atoms with Gasteiger partial charge in [0.1, 0.15) is 0 Å². The average Bonchev–Trinajstić information content (AvgIpc) is 2.05. The molecule has 0 amide bonds. The van der Waals surface area contributed by atoms with Gasteiger partial charge in [0.05, 0.1) is 0 Å². The first-order valence-corrected chi connectivity index (χ1v) is 8.96. The smallest absolute Gasteiger partial charge is 0.0254 e. The molecule has 102 valence electrons. The van der Waals surface area contributed by atoms with E-state index in [-0.39, 0.29) is 20.6 Å². The van der Waals surface area contributed by atoms with Crippen LogP contribution in [0.4, 0.5) is 0 Å². The maximum absolute atomic E-state index is 2.65. The molecule has 0 fully saturated rings. The van der Waals surface area contributed by atoms with Crippen LogP contribution < -0.4 is 0 Å². The van der Waals surface area contributed by atoms with E-state index in [1.54, 1.807) is 0 Å². The van der Waals surface area contributed by atoms with Crippen molar-refractivity contribution in [3.05, 3.63) is 11.6 Å². The first-order valence-electron chi connectivity index (χ1n) is 6.96. The van der Waals surface area contributed by atoms with Crippen LogP contribution in [0.2, 0.25) is 12.1 Å². The van der Waals surface area contributed by atoms with Crippen molar-refractivity contribution in [2.24, 2.45) is 0 Å². The highest BCUT2D eigenvalue weighted by atomic mass is 28.2. The maximum Gasteiger partial charge on any atom is 0.0254 e. The molecule has 0 saturated carbocycles. The molecule has 2 heteroatoms. The van der Waals surface area contributed by atoms with Gasteiger partial charge in [-0.3, -0.25) is 4.90 Å². The molecule has 0 saturated heterocycles. The van der Waals surface area contributed by atoms with Crippen LogP contribution in [-0.2, 0) is 0 Å². The van der Waals surface area contributed by atoms with Gasteiger partial charge in [0, 0.05) is 20.6 Å². The molecule has 0 heterocycles. The van der Waals surface area contributed by atoms with Crippen molar-refractivity contribution in [1.82, 2.24) is 4.90 Å². The van der Waals surface area contributed by atoms with Crippen LogP contribution in [-0.4, -0.2) is 32.0 Å². The summed E-state index contributed by atoms with van der Waals surface area (Å²) in [5.41, 5.74) is 2.03. The highest BCUT2D eigenvalue weighted by Gasteiger charge is 2.30. The predicted molar refractivity (Wildman–Crippen MR) is 83.8 cm³/mol. The van der Waals surface area contributed by atoms with Crippen LogP contribution in [0, 0.1) is 0 Å². The van der Waals surface area contributed by atoms with Crippen molar-refractivity contribution in [2.45, 2.75) is 78.6 Å². The number of allylic oxidation sites excluding steroid dienone is 2. The van der Waals surface area contributed by atoms with Crippen LogP contribution in [0.25, 0.3) is 0 Å². The summed E-state index contributed by atoms with van der Waals surface area (Å²) in [5, 5.41) is 0. The molecule has 0 aliphatic rings. The highest BCUT2D eigenvalue weighted by Crippen LogP contribution is 2.24. The zero-order chi connectivity index (χ0) is 13.7. The first kappa shape index (κ1) is 16.9. The van der Waals surface area contributed by atoms with Gasteiger partial charge in [0.25, 0.3) is 0 Å². The molecular formula is C15H33NSi. The highest BCUT2D eigenvalue weighted by molar-refractivity contribution is 6.36. The summed E-state index contributed by atoms with van der Waals surface area (Å²) >= 11 is 0. The summed E-state index contributed by atoms with van der Waals surface area (Å²) in [5.74, 6) is 0. The molecule has 0 N–H and O–H groups in total. The van der Waals surface area contributed by atoms with Gasteiger partial charge in [0.15, 0.2) is 0 Å². The Morgan fingerprint density at radius 3 is 1.82 bits per heavy atom. The van der Waals surface area contributed by atoms with Gasteiger partial charge in [-0.05, 0) is 74.0 Å². The predicted octanol–water partition coefficient (Wildman–Crippen LogP) is 3.86. The second-order valence-electron chi connectivity index (χ2n) is 7.27. The lowest BCUT2D eigenvalue weighted by molar-refractivity contribution is 0.0447. The minimum Gasteiger partial charge on any atom is -0.294 e. The van der Waals surface area contributed by atoms with Crippen LogP contribution in [0.1, 0.15) is 55.4 Å². The van der Waals surface area contributed by atoms with Crippen LogP contribution in [0.15, 0.2) is 11.6 Å². The topological polar surface area (TPSA) is 3.24 Å². The van der Waals surface area contributed by atoms with E-state index in [0.717, 1.165) is 0 Å². The standard InChI is InChI=1S/C15H33NSi/c1-13(2)9-11-17-12-10-16(14(3,4)5)15(6,7)8/h9H,10-12,17H2,1-8H3. The van der Waals surface area contributed by atoms with Gasteiger partial charge in [0.2, 0.25) is 0 Å². The Labute approximate surface area is 111 Å². The van der Waals surface area contributed by atoms with Crippen LogP contribution in [0.5, 0.6) is 0 Å². The lowest BCUT2D eigenvalue weighted by Crippen LogP contribution is -2.52. The van der Waals surface area contributed by atoms with E-state index in [4.69, 9.17) is 0 Å². The fourth-order valence-electron chi connectivity index (χ4n) is 2.48. The third-order valence-electron chi connectivity index (χ3n) is 3.01. The summed E-state index contributed by atoms with van der Waals surface area (Å²) in [7, 11) is 0.0917. The van der Waals surface area contributed by atoms with Crippen molar-refractivity contribution < 1.29 is 0 Å². The molecule has 0 aromatic heterocycles. The summed E-state index contributed by atoms with van der Waals surface area (Å²) in [6.07, 6.45) is 2.41. The molecular weight excluding hydrogens is 222 g/mol. The Bertz CT molecular complexity index is 225. The second kappa shape index (κ2) is 6.74. The third kappa shape index (κ3) is 7.77. The molecule has 0 aromatic carbocycles. The molecule has 0 bridgehead atoms. The van der Waals surface area contributed by atoms with Crippen LogP contribution in [0.3, 0.4) is 0 Å². The Kier molecular flexibility index (Phi) is 6.71. The Morgan fingerprint density at radius 1 is 1.00 bits per heavy atom. The second-order valence-corrected chi connectivity index (χ2v) is 9.26. The molecule has 0 rings (SSSR count). The van der Waals surface area contributed by atoms with E-state index in [2.05, 4.69) is 66.4 Å². The van der Waals surface area contributed by atoms with Crippen molar-refractivity contribution in [2.75, 3.05) is 6.54 Å². The third-order valence-corrected chi connectivity index (χ3v) is 4.52.